The fourth-order valence-corrected chi connectivity index (χ4v) is 2.82. The number of hydrogen-bond acceptors (Lipinski definition) is 4. The summed E-state index contributed by atoms with van der Waals surface area (Å²) >= 11 is 1.60. The second-order valence-corrected chi connectivity index (χ2v) is 5.45. The van der Waals surface area contributed by atoms with Crippen molar-refractivity contribution in [1.29, 1.82) is 0 Å². The number of fused-ring (bicyclic) bond motifs is 1. The van der Waals surface area contributed by atoms with Crippen LogP contribution in [0.4, 0.5) is 0 Å². The van der Waals surface area contributed by atoms with E-state index in [9.17, 15) is 5.11 Å². The predicted octanol–water partition coefficient (Wildman–Crippen LogP) is 3.42. The molecule has 0 unspecified atom stereocenters. The third-order valence-corrected chi connectivity index (χ3v) is 3.95. The standard InChI is InChI=1S/C15H16N2O2S/c1-2-13(18)12-5-3-4-6-14(12)19-10-11-9-17-7-8-20-15(17)16-11/h3-9,13,18H,2,10H2,1H3/t13-/m1/s1. The molecule has 0 aliphatic rings. The highest BCUT2D eigenvalue weighted by Gasteiger charge is 2.11. The number of aliphatic hydroxyl groups is 1. The van der Waals surface area contributed by atoms with Crippen LogP contribution in [-0.4, -0.2) is 14.5 Å². The van der Waals surface area contributed by atoms with Gasteiger partial charge in [0.1, 0.15) is 12.4 Å². The summed E-state index contributed by atoms with van der Waals surface area (Å²) in [6.07, 6.45) is 4.12. The number of benzene rings is 1. The zero-order valence-corrected chi connectivity index (χ0v) is 12.0. The minimum Gasteiger partial charge on any atom is -0.487 e. The second kappa shape index (κ2) is 5.64. The Hall–Kier alpha value is -1.85. The number of imidazole rings is 1. The molecule has 5 heteroatoms. The molecule has 3 aromatic rings. The van der Waals surface area contributed by atoms with Gasteiger partial charge in [-0.3, -0.25) is 4.40 Å². The van der Waals surface area contributed by atoms with Crippen molar-refractivity contribution in [1.82, 2.24) is 9.38 Å². The third-order valence-electron chi connectivity index (χ3n) is 3.18. The van der Waals surface area contributed by atoms with Crippen LogP contribution < -0.4 is 4.74 Å². The van der Waals surface area contributed by atoms with Gasteiger partial charge in [0.15, 0.2) is 4.96 Å². The highest BCUT2D eigenvalue weighted by Crippen LogP contribution is 2.27. The Kier molecular flexibility index (Phi) is 3.71. The Bertz CT molecular complexity index is 676. The van der Waals surface area contributed by atoms with Gasteiger partial charge in [0.05, 0.1) is 11.8 Å². The van der Waals surface area contributed by atoms with Gasteiger partial charge in [0.2, 0.25) is 0 Å². The van der Waals surface area contributed by atoms with Crippen LogP contribution in [0, 0.1) is 0 Å². The third kappa shape index (κ3) is 2.55. The zero-order chi connectivity index (χ0) is 13.9. The second-order valence-electron chi connectivity index (χ2n) is 4.58. The first-order valence-electron chi connectivity index (χ1n) is 6.58. The summed E-state index contributed by atoms with van der Waals surface area (Å²) < 4.78 is 7.80. The lowest BCUT2D eigenvalue weighted by Crippen LogP contribution is -2.02. The first kappa shape index (κ1) is 13.1. The molecule has 0 aliphatic carbocycles. The maximum atomic E-state index is 9.99. The average molecular weight is 288 g/mol. The average Bonchev–Trinajstić information content (AvgIpc) is 3.05. The van der Waals surface area contributed by atoms with Crippen molar-refractivity contribution < 1.29 is 9.84 Å². The van der Waals surface area contributed by atoms with E-state index < -0.39 is 6.10 Å². The van der Waals surface area contributed by atoms with Crippen LogP contribution in [0.3, 0.4) is 0 Å². The van der Waals surface area contributed by atoms with Crippen LogP contribution >= 0.6 is 11.3 Å². The molecule has 0 bridgehead atoms. The van der Waals surface area contributed by atoms with Gasteiger partial charge in [0.25, 0.3) is 0 Å². The molecular formula is C15H16N2O2S. The summed E-state index contributed by atoms with van der Waals surface area (Å²) in [5.74, 6) is 0.721. The molecule has 0 saturated heterocycles. The Balaban J connectivity index is 1.76. The lowest BCUT2D eigenvalue weighted by molar-refractivity contribution is 0.166. The summed E-state index contributed by atoms with van der Waals surface area (Å²) in [5.41, 5.74) is 1.72. The largest absolute Gasteiger partial charge is 0.487 e. The maximum absolute atomic E-state index is 9.99. The number of aliphatic hydroxyl groups excluding tert-OH is 1. The summed E-state index contributed by atoms with van der Waals surface area (Å²) in [6.45, 7) is 2.35. The Labute approximate surface area is 121 Å². The van der Waals surface area contributed by atoms with Gasteiger partial charge in [0, 0.05) is 23.3 Å². The quantitative estimate of drug-likeness (QED) is 0.782. The van der Waals surface area contributed by atoms with Crippen LogP contribution in [0.1, 0.15) is 30.7 Å². The van der Waals surface area contributed by atoms with Gasteiger partial charge in [-0.15, -0.1) is 11.3 Å². The molecule has 104 valence electrons. The molecule has 0 radical (unpaired) electrons. The number of para-hydroxylation sites is 1. The molecule has 20 heavy (non-hydrogen) atoms. The minimum absolute atomic E-state index is 0.405. The molecule has 3 rings (SSSR count). The molecular weight excluding hydrogens is 272 g/mol. The van der Waals surface area contributed by atoms with E-state index >= 15 is 0 Å². The number of thiazole rings is 1. The predicted molar refractivity (Wildman–Crippen MR) is 79.1 cm³/mol. The van der Waals surface area contributed by atoms with Gasteiger partial charge >= 0.3 is 0 Å². The molecule has 1 N–H and O–H groups in total. The number of nitrogens with zero attached hydrogens (tertiary/aromatic N) is 2. The molecule has 4 nitrogen and oxygen atoms in total. The van der Waals surface area contributed by atoms with Crippen molar-refractivity contribution in [3.8, 4) is 5.75 Å². The number of hydrogen-bond donors (Lipinski definition) is 1. The number of aromatic nitrogens is 2. The molecule has 0 aliphatic heterocycles. The topological polar surface area (TPSA) is 46.8 Å². The number of rotatable bonds is 5. The zero-order valence-electron chi connectivity index (χ0n) is 11.2. The Morgan fingerprint density at radius 1 is 1.40 bits per heavy atom. The molecule has 2 aromatic heterocycles. The monoisotopic (exact) mass is 288 g/mol. The number of ether oxygens (including phenoxy) is 1. The summed E-state index contributed by atoms with van der Waals surface area (Å²) in [5, 5.41) is 12.0. The summed E-state index contributed by atoms with van der Waals surface area (Å²) in [4.78, 5) is 5.44. The first-order valence-corrected chi connectivity index (χ1v) is 7.46. The fraction of sp³-hybridized carbons (Fsp3) is 0.267. The van der Waals surface area contributed by atoms with Gasteiger partial charge in [-0.1, -0.05) is 25.1 Å². The van der Waals surface area contributed by atoms with Crippen LogP contribution in [0.5, 0.6) is 5.75 Å². The van der Waals surface area contributed by atoms with Crippen molar-refractivity contribution in [2.75, 3.05) is 0 Å². The van der Waals surface area contributed by atoms with E-state index in [4.69, 9.17) is 4.74 Å². The van der Waals surface area contributed by atoms with E-state index in [1.54, 1.807) is 11.3 Å². The normalized spacial score (nSPS) is 12.7. The van der Waals surface area contributed by atoms with Gasteiger partial charge in [-0.25, -0.2) is 4.98 Å². The highest BCUT2D eigenvalue weighted by molar-refractivity contribution is 7.15. The molecule has 1 aromatic carbocycles. The van der Waals surface area contributed by atoms with Crippen molar-refractivity contribution >= 4 is 16.3 Å². The Morgan fingerprint density at radius 2 is 2.25 bits per heavy atom. The smallest absolute Gasteiger partial charge is 0.193 e. The van der Waals surface area contributed by atoms with Crippen molar-refractivity contribution in [2.45, 2.75) is 26.1 Å². The SMILES string of the molecule is CC[C@@H](O)c1ccccc1OCc1cn2ccsc2n1. The fourth-order valence-electron chi connectivity index (χ4n) is 2.10. The minimum atomic E-state index is -0.489. The van der Waals surface area contributed by atoms with Crippen LogP contribution in [0.25, 0.3) is 4.96 Å². The van der Waals surface area contributed by atoms with E-state index in [2.05, 4.69) is 4.98 Å². The molecule has 2 heterocycles. The van der Waals surface area contributed by atoms with E-state index in [1.165, 1.54) is 0 Å². The lowest BCUT2D eigenvalue weighted by atomic mass is 10.1. The van der Waals surface area contributed by atoms with Crippen LogP contribution in [-0.2, 0) is 6.61 Å². The van der Waals surface area contributed by atoms with E-state index in [0.717, 1.165) is 22.0 Å². The summed E-state index contributed by atoms with van der Waals surface area (Å²) in [7, 11) is 0. The lowest BCUT2D eigenvalue weighted by Gasteiger charge is -2.14. The highest BCUT2D eigenvalue weighted by atomic mass is 32.1. The van der Waals surface area contributed by atoms with Gasteiger partial charge in [-0.2, -0.15) is 0 Å². The van der Waals surface area contributed by atoms with E-state index in [0.29, 0.717) is 13.0 Å². The van der Waals surface area contributed by atoms with Crippen molar-refractivity contribution in [3.63, 3.8) is 0 Å². The van der Waals surface area contributed by atoms with Crippen molar-refractivity contribution in [2.24, 2.45) is 0 Å². The molecule has 0 spiro atoms. The molecule has 1 atom stereocenters. The maximum Gasteiger partial charge on any atom is 0.193 e. The van der Waals surface area contributed by atoms with E-state index in [-0.39, 0.29) is 0 Å². The molecule has 0 fully saturated rings. The van der Waals surface area contributed by atoms with Gasteiger partial charge in [-0.05, 0) is 12.5 Å². The van der Waals surface area contributed by atoms with Crippen LogP contribution in [0.2, 0.25) is 0 Å². The Morgan fingerprint density at radius 3 is 3.05 bits per heavy atom. The molecule has 0 amide bonds. The van der Waals surface area contributed by atoms with Gasteiger partial charge < -0.3 is 9.84 Å². The van der Waals surface area contributed by atoms with E-state index in [1.807, 2.05) is 53.4 Å². The summed E-state index contributed by atoms with van der Waals surface area (Å²) in [6, 6.07) is 7.60. The van der Waals surface area contributed by atoms with Crippen LogP contribution in [0.15, 0.2) is 42.0 Å². The first-order chi connectivity index (χ1) is 9.78. The van der Waals surface area contributed by atoms with Crippen molar-refractivity contribution in [3.05, 3.63) is 53.3 Å². The molecule has 0 saturated carbocycles.